The summed E-state index contributed by atoms with van der Waals surface area (Å²) in [5, 5.41) is 17.3. The van der Waals surface area contributed by atoms with Crippen molar-refractivity contribution in [2.75, 3.05) is 0 Å². The SMILES string of the molecule is Br.CC(O)C(=O)[O-].Cl.[Na+]. The molecule has 9 heavy (non-hydrogen) atoms. The number of aliphatic carboxylic acids is 1. The molecule has 6 heteroatoms. The minimum absolute atomic E-state index is 0. The minimum Gasteiger partial charge on any atom is -0.547 e. The Bertz CT molecular complexity index is 70.1. The largest absolute Gasteiger partial charge is 1.00 e. The molecular formula is C3H7BrClNaO3. The number of hydrogen-bond acceptors (Lipinski definition) is 3. The van der Waals surface area contributed by atoms with Gasteiger partial charge in [-0.1, -0.05) is 0 Å². The molecule has 1 unspecified atom stereocenters. The van der Waals surface area contributed by atoms with Gasteiger partial charge in [-0.25, -0.2) is 0 Å². The van der Waals surface area contributed by atoms with Crippen LogP contribution in [0.1, 0.15) is 6.92 Å². The van der Waals surface area contributed by atoms with E-state index in [2.05, 4.69) is 0 Å². The fourth-order valence-corrected chi connectivity index (χ4v) is 0. The van der Waals surface area contributed by atoms with Gasteiger partial charge in [-0.15, -0.1) is 29.4 Å². The van der Waals surface area contributed by atoms with E-state index in [1.807, 2.05) is 0 Å². The van der Waals surface area contributed by atoms with Crippen LogP contribution < -0.4 is 34.7 Å². The summed E-state index contributed by atoms with van der Waals surface area (Å²) in [6.45, 7) is 1.13. The molecule has 0 aromatic rings. The third-order valence-electron chi connectivity index (χ3n) is 0.341. The number of rotatable bonds is 1. The van der Waals surface area contributed by atoms with Crippen LogP contribution in [-0.2, 0) is 4.79 Å². The maximum absolute atomic E-state index is 9.34. The van der Waals surface area contributed by atoms with Crippen molar-refractivity contribution in [1.29, 1.82) is 0 Å². The van der Waals surface area contributed by atoms with Crippen LogP contribution in [0.25, 0.3) is 0 Å². The van der Waals surface area contributed by atoms with E-state index in [1.165, 1.54) is 0 Å². The zero-order chi connectivity index (χ0) is 5.15. The summed E-state index contributed by atoms with van der Waals surface area (Å²) < 4.78 is 0. The molecule has 52 valence electrons. The molecule has 0 aromatic heterocycles. The Morgan fingerprint density at radius 2 is 1.78 bits per heavy atom. The molecule has 0 heterocycles. The molecule has 0 aliphatic carbocycles. The van der Waals surface area contributed by atoms with Crippen LogP contribution in [0.3, 0.4) is 0 Å². The topological polar surface area (TPSA) is 60.4 Å². The predicted molar refractivity (Wildman–Crippen MR) is 34.3 cm³/mol. The number of carboxylic acid groups (broad SMARTS) is 1. The second-order valence-electron chi connectivity index (χ2n) is 0.995. The Balaban J connectivity index is -0.0000000417. The van der Waals surface area contributed by atoms with Gasteiger partial charge in [0.25, 0.3) is 0 Å². The minimum atomic E-state index is -1.44. The first-order chi connectivity index (χ1) is 2.64. The molecule has 0 bridgehead atoms. The number of carbonyl (C=O) groups is 1. The van der Waals surface area contributed by atoms with E-state index in [9.17, 15) is 9.90 Å². The summed E-state index contributed by atoms with van der Waals surface area (Å²) in [6, 6.07) is 0. The van der Waals surface area contributed by atoms with Gasteiger partial charge in [0.05, 0.1) is 12.1 Å². The molecule has 0 aliphatic heterocycles. The van der Waals surface area contributed by atoms with E-state index in [0.29, 0.717) is 0 Å². The molecule has 3 nitrogen and oxygen atoms in total. The van der Waals surface area contributed by atoms with Crippen molar-refractivity contribution in [2.24, 2.45) is 0 Å². The molecule has 0 aliphatic rings. The van der Waals surface area contributed by atoms with E-state index < -0.39 is 12.1 Å². The Labute approximate surface area is 92.3 Å². The molecule has 0 spiro atoms. The summed E-state index contributed by atoms with van der Waals surface area (Å²) in [5.41, 5.74) is 0. The number of carboxylic acids is 1. The van der Waals surface area contributed by atoms with Gasteiger partial charge in [-0.05, 0) is 6.92 Å². The van der Waals surface area contributed by atoms with Crippen LogP contribution in [0.15, 0.2) is 0 Å². The van der Waals surface area contributed by atoms with E-state index in [4.69, 9.17) is 5.11 Å². The number of hydrogen-bond donors (Lipinski definition) is 1. The fraction of sp³-hybridized carbons (Fsp3) is 0.667. The van der Waals surface area contributed by atoms with Crippen molar-refractivity contribution in [2.45, 2.75) is 13.0 Å². The van der Waals surface area contributed by atoms with Crippen molar-refractivity contribution >= 4 is 35.4 Å². The molecule has 0 fully saturated rings. The second kappa shape index (κ2) is 11.9. The molecule has 0 saturated heterocycles. The molecular weight excluding hydrogens is 222 g/mol. The van der Waals surface area contributed by atoms with Gasteiger partial charge in [0.15, 0.2) is 0 Å². The predicted octanol–water partition coefficient (Wildman–Crippen LogP) is -3.88. The molecule has 1 N–H and O–H groups in total. The van der Waals surface area contributed by atoms with Crippen molar-refractivity contribution in [1.82, 2.24) is 0 Å². The van der Waals surface area contributed by atoms with Gasteiger partial charge in [0, 0.05) is 0 Å². The Morgan fingerprint density at radius 1 is 1.67 bits per heavy atom. The van der Waals surface area contributed by atoms with Crippen LogP contribution in [0.2, 0.25) is 0 Å². The summed E-state index contributed by atoms with van der Waals surface area (Å²) in [7, 11) is 0. The Morgan fingerprint density at radius 3 is 1.78 bits per heavy atom. The summed E-state index contributed by atoms with van der Waals surface area (Å²) >= 11 is 0. The second-order valence-corrected chi connectivity index (χ2v) is 0.995. The molecule has 0 saturated carbocycles. The number of aliphatic hydroxyl groups excluding tert-OH is 1. The zero-order valence-corrected chi connectivity index (χ0v) is 9.69. The monoisotopic (exact) mass is 228 g/mol. The maximum atomic E-state index is 9.34. The molecule has 0 aromatic carbocycles. The van der Waals surface area contributed by atoms with Gasteiger partial charge >= 0.3 is 29.6 Å². The maximum Gasteiger partial charge on any atom is 1.00 e. The van der Waals surface area contributed by atoms with Gasteiger partial charge in [-0.2, -0.15) is 0 Å². The first-order valence-electron chi connectivity index (χ1n) is 1.53. The number of carbonyl (C=O) groups excluding carboxylic acids is 1. The number of halogens is 2. The van der Waals surface area contributed by atoms with E-state index >= 15 is 0 Å². The van der Waals surface area contributed by atoms with Crippen LogP contribution >= 0.6 is 29.4 Å². The van der Waals surface area contributed by atoms with Crippen LogP contribution in [0, 0.1) is 0 Å². The van der Waals surface area contributed by atoms with Gasteiger partial charge in [0.2, 0.25) is 0 Å². The summed E-state index contributed by atoms with van der Waals surface area (Å²) in [4.78, 5) is 9.34. The molecule has 0 amide bonds. The third-order valence-corrected chi connectivity index (χ3v) is 0.341. The first kappa shape index (κ1) is 22.5. The first-order valence-corrected chi connectivity index (χ1v) is 1.53. The Hall–Kier alpha value is 1.20. The van der Waals surface area contributed by atoms with E-state index in [1.54, 1.807) is 0 Å². The van der Waals surface area contributed by atoms with Crippen molar-refractivity contribution < 1.29 is 44.6 Å². The zero-order valence-electron chi connectivity index (χ0n) is 5.16. The smallest absolute Gasteiger partial charge is 0.547 e. The van der Waals surface area contributed by atoms with E-state index in [0.717, 1.165) is 6.92 Å². The molecule has 1 atom stereocenters. The number of aliphatic hydroxyl groups is 1. The van der Waals surface area contributed by atoms with Gasteiger partial charge < -0.3 is 15.0 Å². The standard InChI is InChI=1S/C3H6O3.BrH.ClH.Na/c1-2(4)3(5)6;;;/h2,4H,1H3,(H,5,6);2*1H;/q;;;+1/p-1. The van der Waals surface area contributed by atoms with Crippen molar-refractivity contribution in [3.63, 3.8) is 0 Å². The molecule has 0 radical (unpaired) electrons. The van der Waals surface area contributed by atoms with Crippen LogP contribution in [0.5, 0.6) is 0 Å². The van der Waals surface area contributed by atoms with Crippen LogP contribution in [-0.4, -0.2) is 17.2 Å². The van der Waals surface area contributed by atoms with E-state index in [-0.39, 0.29) is 58.9 Å². The average molecular weight is 229 g/mol. The third kappa shape index (κ3) is 17.6. The molecule has 0 rings (SSSR count). The Kier molecular flexibility index (Phi) is 29.8. The van der Waals surface area contributed by atoms with Gasteiger partial charge in [0.1, 0.15) is 0 Å². The normalized spacial score (nSPS) is 9.11. The fourth-order valence-electron chi connectivity index (χ4n) is 0. The van der Waals surface area contributed by atoms with Crippen molar-refractivity contribution in [3.05, 3.63) is 0 Å². The quantitative estimate of drug-likeness (QED) is 0.468. The summed E-state index contributed by atoms with van der Waals surface area (Å²) in [5.74, 6) is -1.44. The summed E-state index contributed by atoms with van der Waals surface area (Å²) in [6.07, 6.45) is -1.34. The average Bonchev–Trinajstić information content (AvgIpc) is 1.36. The van der Waals surface area contributed by atoms with Crippen LogP contribution in [0.4, 0.5) is 0 Å². The van der Waals surface area contributed by atoms with Crippen molar-refractivity contribution in [3.8, 4) is 0 Å². The van der Waals surface area contributed by atoms with Gasteiger partial charge in [-0.3, -0.25) is 0 Å².